The maximum Gasteiger partial charge on any atom is 0.266 e. The molecule has 0 fully saturated rings. The van der Waals surface area contributed by atoms with E-state index in [1.165, 1.54) is 6.08 Å². The minimum atomic E-state index is -0.485. The van der Waals surface area contributed by atoms with Crippen LogP contribution in [0.1, 0.15) is 32.3 Å². The summed E-state index contributed by atoms with van der Waals surface area (Å²) in [6, 6.07) is 14.2. The predicted octanol–water partition coefficient (Wildman–Crippen LogP) is 4.82. The Bertz CT molecular complexity index is 883. The van der Waals surface area contributed by atoms with Crippen molar-refractivity contribution in [2.24, 2.45) is 0 Å². The van der Waals surface area contributed by atoms with Gasteiger partial charge < -0.3 is 19.5 Å². The number of unbranched alkanes of at least 4 members (excludes halogenated alkanes) is 1. The van der Waals surface area contributed by atoms with E-state index >= 15 is 0 Å². The van der Waals surface area contributed by atoms with Gasteiger partial charge in [-0.15, -0.1) is 0 Å². The van der Waals surface area contributed by atoms with Crippen LogP contribution in [0.3, 0.4) is 0 Å². The number of hydrogen-bond donors (Lipinski definition) is 1. The van der Waals surface area contributed by atoms with Crippen LogP contribution in [0.2, 0.25) is 0 Å². The number of rotatable bonds is 10. The van der Waals surface area contributed by atoms with Crippen molar-refractivity contribution < 1.29 is 19.0 Å². The number of benzene rings is 2. The summed E-state index contributed by atoms with van der Waals surface area (Å²) in [5.41, 5.74) is 1.25. The first-order valence-corrected chi connectivity index (χ1v) is 9.58. The standard InChI is InChI=1S/C23H26N2O4/c1-4-6-13-29-22-15-17(7-12-21(22)27-3)14-18(16-24)23(26)25-19-8-10-20(11-9-19)28-5-2/h7-12,14-15H,4-6,13H2,1-3H3,(H,25,26)/b18-14+. The van der Waals surface area contributed by atoms with Gasteiger partial charge in [-0.2, -0.15) is 5.26 Å². The van der Waals surface area contributed by atoms with E-state index in [4.69, 9.17) is 14.2 Å². The fourth-order valence-corrected chi connectivity index (χ4v) is 2.54. The van der Waals surface area contributed by atoms with Crippen molar-refractivity contribution >= 4 is 17.7 Å². The molecule has 0 aliphatic rings. The summed E-state index contributed by atoms with van der Waals surface area (Å²) < 4.78 is 16.5. The van der Waals surface area contributed by atoms with E-state index in [0.717, 1.165) is 18.6 Å². The second kappa shape index (κ2) is 11.4. The average molecular weight is 394 g/mol. The Morgan fingerprint density at radius 1 is 1.10 bits per heavy atom. The minimum Gasteiger partial charge on any atom is -0.494 e. The first-order valence-electron chi connectivity index (χ1n) is 9.58. The summed E-state index contributed by atoms with van der Waals surface area (Å²) in [5.74, 6) is 1.42. The number of hydrogen-bond acceptors (Lipinski definition) is 5. The Hall–Kier alpha value is -3.46. The van der Waals surface area contributed by atoms with Crippen molar-refractivity contribution in [2.75, 3.05) is 25.6 Å². The van der Waals surface area contributed by atoms with Crippen molar-refractivity contribution in [3.05, 3.63) is 53.6 Å². The molecule has 0 saturated carbocycles. The van der Waals surface area contributed by atoms with E-state index in [-0.39, 0.29) is 5.57 Å². The van der Waals surface area contributed by atoms with Crippen LogP contribution in [0.15, 0.2) is 48.0 Å². The van der Waals surface area contributed by atoms with Gasteiger partial charge >= 0.3 is 0 Å². The molecule has 2 aromatic rings. The van der Waals surface area contributed by atoms with Crippen molar-refractivity contribution in [3.8, 4) is 23.3 Å². The zero-order valence-electron chi connectivity index (χ0n) is 17.0. The first kappa shape index (κ1) is 21.8. The van der Waals surface area contributed by atoms with Crippen LogP contribution in [0.4, 0.5) is 5.69 Å². The molecule has 0 aromatic heterocycles. The summed E-state index contributed by atoms with van der Waals surface area (Å²) >= 11 is 0. The molecule has 0 spiro atoms. The van der Waals surface area contributed by atoms with Gasteiger partial charge in [0.15, 0.2) is 11.5 Å². The summed E-state index contributed by atoms with van der Waals surface area (Å²) in [7, 11) is 1.57. The van der Waals surface area contributed by atoms with Crippen molar-refractivity contribution in [3.63, 3.8) is 0 Å². The fourth-order valence-electron chi connectivity index (χ4n) is 2.54. The van der Waals surface area contributed by atoms with Crippen molar-refractivity contribution in [2.45, 2.75) is 26.7 Å². The molecule has 0 heterocycles. The van der Waals surface area contributed by atoms with Crippen LogP contribution < -0.4 is 19.5 Å². The molecule has 2 rings (SSSR count). The maximum atomic E-state index is 12.5. The number of methoxy groups -OCH3 is 1. The van der Waals surface area contributed by atoms with Gasteiger partial charge in [-0.05, 0) is 61.4 Å². The molecule has 0 aliphatic heterocycles. The molecule has 1 amide bonds. The van der Waals surface area contributed by atoms with E-state index in [9.17, 15) is 10.1 Å². The largest absolute Gasteiger partial charge is 0.494 e. The number of carbonyl (C=O) groups excluding carboxylic acids is 1. The lowest BCUT2D eigenvalue weighted by Gasteiger charge is -2.11. The lowest BCUT2D eigenvalue weighted by Crippen LogP contribution is -2.13. The predicted molar refractivity (Wildman–Crippen MR) is 113 cm³/mol. The van der Waals surface area contributed by atoms with Gasteiger partial charge in [-0.1, -0.05) is 19.4 Å². The molecule has 152 valence electrons. The molecule has 1 N–H and O–H groups in total. The molecule has 0 bridgehead atoms. The second-order valence-corrected chi connectivity index (χ2v) is 6.19. The third-order valence-corrected chi connectivity index (χ3v) is 4.04. The zero-order chi connectivity index (χ0) is 21.1. The summed E-state index contributed by atoms with van der Waals surface area (Å²) in [5, 5.41) is 12.2. The van der Waals surface area contributed by atoms with Crippen molar-refractivity contribution in [1.82, 2.24) is 0 Å². The second-order valence-electron chi connectivity index (χ2n) is 6.19. The number of nitrogens with one attached hydrogen (secondary N) is 1. The molecular formula is C23H26N2O4. The molecule has 0 aliphatic carbocycles. The van der Waals surface area contributed by atoms with Gasteiger partial charge in [0, 0.05) is 5.69 Å². The smallest absolute Gasteiger partial charge is 0.266 e. The van der Waals surface area contributed by atoms with Crippen molar-refractivity contribution in [1.29, 1.82) is 5.26 Å². The average Bonchev–Trinajstić information content (AvgIpc) is 2.74. The van der Waals surface area contributed by atoms with E-state index in [1.54, 1.807) is 49.6 Å². The quantitative estimate of drug-likeness (QED) is 0.355. The van der Waals surface area contributed by atoms with Crippen LogP contribution in [0, 0.1) is 11.3 Å². The van der Waals surface area contributed by atoms with Gasteiger partial charge in [0.2, 0.25) is 0 Å². The topological polar surface area (TPSA) is 80.6 Å². The Kier molecular flexibility index (Phi) is 8.58. The lowest BCUT2D eigenvalue weighted by molar-refractivity contribution is -0.112. The molecule has 0 radical (unpaired) electrons. The highest BCUT2D eigenvalue weighted by atomic mass is 16.5. The number of nitrogens with zero attached hydrogens (tertiary/aromatic N) is 1. The lowest BCUT2D eigenvalue weighted by atomic mass is 10.1. The molecular weight excluding hydrogens is 368 g/mol. The van der Waals surface area contributed by atoms with E-state index < -0.39 is 5.91 Å². The Morgan fingerprint density at radius 3 is 2.48 bits per heavy atom. The molecule has 2 aromatic carbocycles. The molecule has 0 unspecified atom stereocenters. The third-order valence-electron chi connectivity index (χ3n) is 4.04. The van der Waals surface area contributed by atoms with Gasteiger partial charge in [0.25, 0.3) is 5.91 Å². The number of amides is 1. The van der Waals surface area contributed by atoms with Gasteiger partial charge in [0.1, 0.15) is 17.4 Å². The molecule has 29 heavy (non-hydrogen) atoms. The SMILES string of the molecule is CCCCOc1cc(/C=C(\C#N)C(=O)Nc2ccc(OCC)cc2)ccc1OC. The third kappa shape index (κ3) is 6.58. The summed E-state index contributed by atoms with van der Waals surface area (Å²) in [4.78, 5) is 12.5. The molecule has 6 nitrogen and oxygen atoms in total. The van der Waals surface area contributed by atoms with E-state index in [1.807, 2.05) is 13.0 Å². The molecule has 0 atom stereocenters. The highest BCUT2D eigenvalue weighted by Crippen LogP contribution is 2.29. The van der Waals surface area contributed by atoms with E-state index in [0.29, 0.717) is 36.0 Å². The maximum absolute atomic E-state index is 12.5. The van der Waals surface area contributed by atoms with E-state index in [2.05, 4.69) is 12.2 Å². The molecule has 6 heteroatoms. The number of nitriles is 1. The normalized spacial score (nSPS) is 10.8. The van der Waals surface area contributed by atoms with Crippen LogP contribution in [0.25, 0.3) is 6.08 Å². The Morgan fingerprint density at radius 2 is 1.86 bits per heavy atom. The highest BCUT2D eigenvalue weighted by Gasteiger charge is 2.11. The number of ether oxygens (including phenoxy) is 3. The number of carbonyl (C=O) groups is 1. The van der Waals surface area contributed by atoms with Crippen LogP contribution in [-0.2, 0) is 4.79 Å². The monoisotopic (exact) mass is 394 g/mol. The van der Waals surface area contributed by atoms with Crippen LogP contribution >= 0.6 is 0 Å². The number of anilines is 1. The fraction of sp³-hybridized carbons (Fsp3) is 0.304. The Balaban J connectivity index is 2.16. The first-order chi connectivity index (χ1) is 14.1. The summed E-state index contributed by atoms with van der Waals surface area (Å²) in [6.07, 6.45) is 3.47. The van der Waals surface area contributed by atoms with Gasteiger partial charge in [0.05, 0.1) is 20.3 Å². The summed E-state index contributed by atoms with van der Waals surface area (Å²) in [6.45, 7) is 5.13. The Labute approximate surface area is 171 Å². The van der Waals surface area contributed by atoms with Crippen LogP contribution in [0.5, 0.6) is 17.2 Å². The van der Waals surface area contributed by atoms with Gasteiger partial charge in [-0.25, -0.2) is 0 Å². The van der Waals surface area contributed by atoms with Gasteiger partial charge in [-0.3, -0.25) is 4.79 Å². The minimum absolute atomic E-state index is 0.0106. The zero-order valence-corrected chi connectivity index (χ0v) is 17.0. The highest BCUT2D eigenvalue weighted by molar-refractivity contribution is 6.09. The van der Waals surface area contributed by atoms with Crippen LogP contribution in [-0.4, -0.2) is 26.2 Å². The molecule has 0 saturated heterocycles.